The molecule has 8 atom stereocenters. The fraction of sp³-hybridized carbons (Fsp3) is 0.812. The number of aliphatic hydroxyl groups is 6. The highest BCUT2D eigenvalue weighted by molar-refractivity contribution is 5.64. The molecule has 1 saturated carbocycles. The SMILES string of the molecule is O=C[C@@]1(C=CO[C@@H]2O[C@H](CO)[C@@H](O)[C@H](O)[C@H]2O)CC[C@@H](CO)C[C@H]1O. The van der Waals surface area contributed by atoms with Crippen molar-refractivity contribution in [1.82, 2.24) is 0 Å². The lowest BCUT2D eigenvalue weighted by Gasteiger charge is -2.40. The molecular weight excluding hydrogens is 336 g/mol. The number of aldehydes is 1. The van der Waals surface area contributed by atoms with Crippen LogP contribution in [0.2, 0.25) is 0 Å². The van der Waals surface area contributed by atoms with Crippen LogP contribution >= 0.6 is 0 Å². The van der Waals surface area contributed by atoms with Gasteiger partial charge in [0, 0.05) is 6.61 Å². The number of hydrogen-bond donors (Lipinski definition) is 6. The molecule has 1 aliphatic carbocycles. The monoisotopic (exact) mass is 362 g/mol. The number of ether oxygens (including phenoxy) is 2. The molecule has 25 heavy (non-hydrogen) atoms. The van der Waals surface area contributed by atoms with E-state index in [-0.39, 0.29) is 18.9 Å². The zero-order valence-corrected chi connectivity index (χ0v) is 13.7. The Morgan fingerprint density at radius 1 is 1.08 bits per heavy atom. The average Bonchev–Trinajstić information content (AvgIpc) is 2.63. The van der Waals surface area contributed by atoms with Crippen LogP contribution in [-0.2, 0) is 14.3 Å². The first-order chi connectivity index (χ1) is 11.9. The molecule has 144 valence electrons. The van der Waals surface area contributed by atoms with Crippen molar-refractivity contribution in [1.29, 1.82) is 0 Å². The number of hydrogen-bond acceptors (Lipinski definition) is 9. The van der Waals surface area contributed by atoms with E-state index in [1.54, 1.807) is 0 Å². The van der Waals surface area contributed by atoms with Crippen molar-refractivity contribution >= 4 is 6.29 Å². The maximum absolute atomic E-state index is 11.5. The Morgan fingerprint density at radius 2 is 1.80 bits per heavy atom. The summed E-state index contributed by atoms with van der Waals surface area (Å²) in [6, 6.07) is 0. The molecule has 2 aliphatic rings. The van der Waals surface area contributed by atoms with Gasteiger partial charge in [-0.05, 0) is 31.3 Å². The van der Waals surface area contributed by atoms with Crippen molar-refractivity contribution in [2.75, 3.05) is 13.2 Å². The molecule has 1 heterocycles. The molecule has 0 spiro atoms. The standard InChI is InChI=1S/C16H26O9/c17-6-9-1-2-16(8-19,11(20)5-9)3-4-24-15-14(23)13(22)12(21)10(7-18)25-15/h3-4,8-15,17-18,20-23H,1-2,5-7H2/t9-,10-,11-,12-,13+,14-,15-,16+/m1/s1. The van der Waals surface area contributed by atoms with Crippen LogP contribution in [0.5, 0.6) is 0 Å². The molecule has 0 aromatic rings. The van der Waals surface area contributed by atoms with E-state index < -0.39 is 48.8 Å². The van der Waals surface area contributed by atoms with E-state index in [4.69, 9.17) is 14.6 Å². The quantitative estimate of drug-likeness (QED) is 0.225. The molecule has 0 aromatic heterocycles. The third-order valence-corrected chi connectivity index (χ3v) is 5.08. The van der Waals surface area contributed by atoms with Gasteiger partial charge >= 0.3 is 0 Å². The van der Waals surface area contributed by atoms with Crippen LogP contribution in [0, 0.1) is 11.3 Å². The summed E-state index contributed by atoms with van der Waals surface area (Å²) in [5.41, 5.74) is -1.17. The molecule has 0 amide bonds. The van der Waals surface area contributed by atoms with E-state index in [0.29, 0.717) is 19.1 Å². The first-order valence-corrected chi connectivity index (χ1v) is 8.27. The molecule has 1 aliphatic heterocycles. The third-order valence-electron chi connectivity index (χ3n) is 5.08. The number of carbonyl (C=O) groups is 1. The summed E-state index contributed by atoms with van der Waals surface area (Å²) < 4.78 is 10.4. The Kier molecular flexibility index (Phi) is 6.92. The average molecular weight is 362 g/mol. The summed E-state index contributed by atoms with van der Waals surface area (Å²) in [5, 5.41) is 57.8. The van der Waals surface area contributed by atoms with Crippen molar-refractivity contribution in [3.63, 3.8) is 0 Å². The molecule has 0 radical (unpaired) electrons. The maximum Gasteiger partial charge on any atom is 0.228 e. The Hall–Kier alpha value is -1.07. The van der Waals surface area contributed by atoms with E-state index in [0.717, 1.165) is 6.26 Å². The Labute approximate surface area is 145 Å². The second kappa shape index (κ2) is 8.54. The highest BCUT2D eigenvalue weighted by atomic mass is 16.7. The van der Waals surface area contributed by atoms with Crippen LogP contribution in [0.4, 0.5) is 0 Å². The van der Waals surface area contributed by atoms with Crippen molar-refractivity contribution in [3.8, 4) is 0 Å². The highest BCUT2D eigenvalue weighted by Gasteiger charge is 2.45. The Balaban J connectivity index is 2.02. The van der Waals surface area contributed by atoms with Gasteiger partial charge in [0.2, 0.25) is 6.29 Å². The molecule has 2 rings (SSSR count). The largest absolute Gasteiger partial charge is 0.470 e. The summed E-state index contributed by atoms with van der Waals surface area (Å²) in [4.78, 5) is 11.5. The number of aliphatic hydroxyl groups excluding tert-OH is 6. The Bertz CT molecular complexity index is 469. The van der Waals surface area contributed by atoms with E-state index in [1.807, 2.05) is 0 Å². The van der Waals surface area contributed by atoms with Crippen molar-refractivity contribution in [3.05, 3.63) is 12.3 Å². The van der Waals surface area contributed by atoms with Crippen molar-refractivity contribution in [2.24, 2.45) is 11.3 Å². The van der Waals surface area contributed by atoms with Crippen LogP contribution < -0.4 is 0 Å². The summed E-state index contributed by atoms with van der Waals surface area (Å²) in [7, 11) is 0. The zero-order chi connectivity index (χ0) is 18.6. The molecule has 2 fully saturated rings. The summed E-state index contributed by atoms with van der Waals surface area (Å²) in [6.07, 6.45) is -3.76. The molecule has 0 aromatic carbocycles. The van der Waals surface area contributed by atoms with Gasteiger partial charge in [-0.3, -0.25) is 0 Å². The zero-order valence-electron chi connectivity index (χ0n) is 13.7. The van der Waals surface area contributed by atoms with Gasteiger partial charge in [-0.1, -0.05) is 0 Å². The van der Waals surface area contributed by atoms with E-state index in [9.17, 15) is 30.3 Å². The second-order valence-electron chi connectivity index (χ2n) is 6.71. The van der Waals surface area contributed by atoms with Gasteiger partial charge in [0.15, 0.2) is 0 Å². The summed E-state index contributed by atoms with van der Waals surface area (Å²) >= 11 is 0. The van der Waals surface area contributed by atoms with Gasteiger partial charge in [0.25, 0.3) is 0 Å². The normalized spacial score (nSPS) is 45.4. The predicted octanol–water partition coefficient (Wildman–Crippen LogP) is -2.34. The molecule has 0 unspecified atom stereocenters. The maximum atomic E-state index is 11.5. The molecule has 0 bridgehead atoms. The van der Waals surface area contributed by atoms with Gasteiger partial charge in [-0.2, -0.15) is 0 Å². The van der Waals surface area contributed by atoms with E-state index >= 15 is 0 Å². The molecule has 1 saturated heterocycles. The fourth-order valence-electron chi connectivity index (χ4n) is 3.23. The van der Waals surface area contributed by atoms with Gasteiger partial charge in [-0.25, -0.2) is 0 Å². The lowest BCUT2D eigenvalue weighted by Crippen LogP contribution is -2.58. The van der Waals surface area contributed by atoms with E-state index in [1.165, 1.54) is 6.08 Å². The minimum absolute atomic E-state index is 0.0585. The molecule has 9 heteroatoms. The molecule has 6 N–H and O–H groups in total. The van der Waals surface area contributed by atoms with Gasteiger partial charge in [0.1, 0.15) is 30.7 Å². The topological polar surface area (TPSA) is 157 Å². The van der Waals surface area contributed by atoms with Crippen LogP contribution in [0.3, 0.4) is 0 Å². The number of carbonyl (C=O) groups excluding carboxylic acids is 1. The smallest absolute Gasteiger partial charge is 0.228 e. The first-order valence-electron chi connectivity index (χ1n) is 8.27. The number of rotatable bonds is 6. The van der Waals surface area contributed by atoms with Gasteiger partial charge < -0.3 is 44.9 Å². The summed E-state index contributed by atoms with van der Waals surface area (Å²) in [6.45, 7) is -0.634. The van der Waals surface area contributed by atoms with Gasteiger partial charge in [0.05, 0.1) is 24.4 Å². The van der Waals surface area contributed by atoms with Crippen LogP contribution in [0.1, 0.15) is 19.3 Å². The second-order valence-corrected chi connectivity index (χ2v) is 6.71. The molecule has 9 nitrogen and oxygen atoms in total. The third kappa shape index (κ3) is 4.20. The lowest BCUT2D eigenvalue weighted by atomic mass is 9.69. The fourth-order valence-corrected chi connectivity index (χ4v) is 3.23. The van der Waals surface area contributed by atoms with Crippen molar-refractivity contribution < 1.29 is 44.9 Å². The minimum atomic E-state index is -1.56. The predicted molar refractivity (Wildman–Crippen MR) is 82.9 cm³/mol. The molecular formula is C16H26O9. The van der Waals surface area contributed by atoms with Crippen molar-refractivity contribution in [2.45, 2.75) is 56.1 Å². The summed E-state index contributed by atoms with van der Waals surface area (Å²) in [5.74, 6) is -0.0668. The van der Waals surface area contributed by atoms with Gasteiger partial charge in [-0.15, -0.1) is 0 Å². The Morgan fingerprint density at radius 3 is 2.36 bits per heavy atom. The minimum Gasteiger partial charge on any atom is -0.470 e. The van der Waals surface area contributed by atoms with Crippen LogP contribution in [0.25, 0.3) is 0 Å². The van der Waals surface area contributed by atoms with Crippen LogP contribution in [0.15, 0.2) is 12.3 Å². The van der Waals surface area contributed by atoms with Crippen LogP contribution in [-0.4, -0.2) is 86.9 Å². The first kappa shape index (κ1) is 20.2. The van der Waals surface area contributed by atoms with E-state index in [2.05, 4.69) is 0 Å². The lowest BCUT2D eigenvalue weighted by molar-refractivity contribution is -0.288. The highest BCUT2D eigenvalue weighted by Crippen LogP contribution is 2.39.